The third-order valence-corrected chi connectivity index (χ3v) is 3.78. The molecule has 1 saturated heterocycles. The molecular formula is C13H18N2OS. The Morgan fingerprint density at radius 2 is 2.12 bits per heavy atom. The van der Waals surface area contributed by atoms with Gasteiger partial charge in [-0.1, -0.05) is 18.2 Å². The van der Waals surface area contributed by atoms with Crippen LogP contribution in [0.1, 0.15) is 6.42 Å². The monoisotopic (exact) mass is 250 g/mol. The van der Waals surface area contributed by atoms with Crippen LogP contribution in [0.2, 0.25) is 0 Å². The van der Waals surface area contributed by atoms with Crippen LogP contribution in [0.5, 0.6) is 0 Å². The molecule has 1 aliphatic rings. The highest BCUT2D eigenvalue weighted by molar-refractivity contribution is 7.99. The second-order valence-corrected chi connectivity index (χ2v) is 5.24. The minimum absolute atomic E-state index is 0.233. The number of carbonyl (C=O) groups is 1. The van der Waals surface area contributed by atoms with Gasteiger partial charge in [0.05, 0.1) is 6.54 Å². The van der Waals surface area contributed by atoms with Gasteiger partial charge in [0.2, 0.25) is 5.91 Å². The molecule has 0 saturated carbocycles. The van der Waals surface area contributed by atoms with Gasteiger partial charge >= 0.3 is 0 Å². The highest BCUT2D eigenvalue weighted by Crippen LogP contribution is 2.16. The standard InChI is InChI=1S/C13H18N2OS/c16-13-11-14-7-4-8-15(13)9-10-17-12-5-2-1-3-6-12/h1-3,5-6,14H,4,7-11H2. The fourth-order valence-electron chi connectivity index (χ4n) is 1.85. The first kappa shape index (κ1) is 12.5. The van der Waals surface area contributed by atoms with Gasteiger partial charge in [0.1, 0.15) is 0 Å². The van der Waals surface area contributed by atoms with Crippen LogP contribution in [0.4, 0.5) is 0 Å². The van der Waals surface area contributed by atoms with Crippen molar-refractivity contribution in [3.63, 3.8) is 0 Å². The van der Waals surface area contributed by atoms with Gasteiger partial charge in [0, 0.05) is 23.7 Å². The number of nitrogens with one attached hydrogen (secondary N) is 1. The minimum Gasteiger partial charge on any atom is -0.341 e. The lowest BCUT2D eigenvalue weighted by Gasteiger charge is -2.19. The zero-order valence-corrected chi connectivity index (χ0v) is 10.7. The van der Waals surface area contributed by atoms with Crippen LogP contribution in [0.25, 0.3) is 0 Å². The first-order valence-corrected chi connectivity index (χ1v) is 7.01. The Morgan fingerprint density at radius 3 is 2.94 bits per heavy atom. The van der Waals surface area contributed by atoms with Gasteiger partial charge in [0.15, 0.2) is 0 Å². The Bertz CT molecular complexity index is 356. The number of carbonyl (C=O) groups excluding carboxylic acids is 1. The summed E-state index contributed by atoms with van der Waals surface area (Å²) in [5, 5.41) is 3.14. The van der Waals surface area contributed by atoms with Crippen molar-refractivity contribution in [3.05, 3.63) is 30.3 Å². The molecule has 0 bridgehead atoms. The average molecular weight is 250 g/mol. The Morgan fingerprint density at radius 1 is 1.29 bits per heavy atom. The molecule has 0 aliphatic carbocycles. The van der Waals surface area contributed by atoms with Crippen molar-refractivity contribution in [2.24, 2.45) is 0 Å². The van der Waals surface area contributed by atoms with Crippen LogP contribution >= 0.6 is 11.8 Å². The highest BCUT2D eigenvalue weighted by Gasteiger charge is 2.15. The SMILES string of the molecule is O=C1CNCCCN1CCSc1ccccc1. The summed E-state index contributed by atoms with van der Waals surface area (Å²) < 4.78 is 0. The Kier molecular flexibility index (Phi) is 4.88. The predicted molar refractivity (Wildman–Crippen MR) is 71.2 cm³/mol. The van der Waals surface area contributed by atoms with Crippen molar-refractivity contribution in [2.75, 3.05) is 31.9 Å². The number of hydrogen-bond donors (Lipinski definition) is 1. The first-order chi connectivity index (χ1) is 8.36. The van der Waals surface area contributed by atoms with Gasteiger partial charge in [-0.3, -0.25) is 4.79 Å². The summed E-state index contributed by atoms with van der Waals surface area (Å²) in [6, 6.07) is 10.3. The van der Waals surface area contributed by atoms with E-state index in [0.29, 0.717) is 6.54 Å². The maximum Gasteiger partial charge on any atom is 0.236 e. The second-order valence-electron chi connectivity index (χ2n) is 4.07. The van der Waals surface area contributed by atoms with Gasteiger partial charge < -0.3 is 10.2 Å². The summed E-state index contributed by atoms with van der Waals surface area (Å²) in [5.41, 5.74) is 0. The van der Waals surface area contributed by atoms with E-state index in [1.54, 1.807) is 0 Å². The fourth-order valence-corrected chi connectivity index (χ4v) is 2.75. The minimum atomic E-state index is 0.233. The van der Waals surface area contributed by atoms with Crippen LogP contribution in [0.15, 0.2) is 35.2 Å². The van der Waals surface area contributed by atoms with E-state index in [2.05, 4.69) is 17.4 Å². The topological polar surface area (TPSA) is 32.3 Å². The molecule has 3 nitrogen and oxygen atoms in total. The molecular weight excluding hydrogens is 232 g/mol. The summed E-state index contributed by atoms with van der Waals surface area (Å²) in [6.45, 7) is 3.19. The van der Waals surface area contributed by atoms with Crippen LogP contribution in [-0.4, -0.2) is 42.7 Å². The molecule has 1 aliphatic heterocycles. The molecule has 4 heteroatoms. The molecule has 1 heterocycles. The quantitative estimate of drug-likeness (QED) is 0.824. The molecule has 1 amide bonds. The molecule has 1 fully saturated rings. The molecule has 17 heavy (non-hydrogen) atoms. The molecule has 0 unspecified atom stereocenters. The highest BCUT2D eigenvalue weighted by atomic mass is 32.2. The van der Waals surface area contributed by atoms with E-state index >= 15 is 0 Å². The van der Waals surface area contributed by atoms with Crippen LogP contribution < -0.4 is 5.32 Å². The Balaban J connectivity index is 1.75. The number of thioether (sulfide) groups is 1. The van der Waals surface area contributed by atoms with Crippen LogP contribution in [-0.2, 0) is 4.79 Å². The molecule has 0 spiro atoms. The lowest BCUT2D eigenvalue weighted by molar-refractivity contribution is -0.129. The van der Waals surface area contributed by atoms with Gasteiger partial charge in [-0.05, 0) is 25.1 Å². The molecule has 1 N–H and O–H groups in total. The largest absolute Gasteiger partial charge is 0.341 e. The lowest BCUT2D eigenvalue weighted by Crippen LogP contribution is -2.36. The van der Waals surface area contributed by atoms with Gasteiger partial charge in [-0.2, -0.15) is 0 Å². The van der Waals surface area contributed by atoms with E-state index in [9.17, 15) is 4.79 Å². The molecule has 1 aromatic rings. The van der Waals surface area contributed by atoms with E-state index in [1.165, 1.54) is 4.90 Å². The van der Waals surface area contributed by atoms with Crippen LogP contribution in [0.3, 0.4) is 0 Å². The van der Waals surface area contributed by atoms with E-state index in [4.69, 9.17) is 0 Å². The summed E-state index contributed by atoms with van der Waals surface area (Å²) in [5.74, 6) is 1.20. The third-order valence-electron chi connectivity index (χ3n) is 2.78. The number of amides is 1. The lowest BCUT2D eigenvalue weighted by atomic mass is 10.4. The normalized spacial score (nSPS) is 16.9. The first-order valence-electron chi connectivity index (χ1n) is 6.02. The molecule has 92 valence electrons. The fraction of sp³-hybridized carbons (Fsp3) is 0.462. The van der Waals surface area contributed by atoms with Crippen molar-refractivity contribution in [2.45, 2.75) is 11.3 Å². The summed E-state index contributed by atoms with van der Waals surface area (Å²) in [7, 11) is 0. The van der Waals surface area contributed by atoms with E-state index in [-0.39, 0.29) is 5.91 Å². The van der Waals surface area contributed by atoms with Crippen LogP contribution in [0, 0.1) is 0 Å². The van der Waals surface area contributed by atoms with Gasteiger partial charge in [-0.25, -0.2) is 0 Å². The summed E-state index contributed by atoms with van der Waals surface area (Å²) in [4.78, 5) is 15.0. The number of rotatable bonds is 4. The Hall–Kier alpha value is -1.00. The smallest absolute Gasteiger partial charge is 0.236 e. The van der Waals surface area contributed by atoms with Crippen molar-refractivity contribution in [3.8, 4) is 0 Å². The maximum absolute atomic E-state index is 11.7. The third kappa shape index (κ3) is 4.06. The molecule has 0 aromatic heterocycles. The second kappa shape index (κ2) is 6.67. The zero-order chi connectivity index (χ0) is 11.9. The van der Waals surface area contributed by atoms with Crippen molar-refractivity contribution in [1.82, 2.24) is 10.2 Å². The molecule has 0 atom stereocenters. The predicted octanol–water partition coefficient (Wildman–Crippen LogP) is 1.60. The molecule has 1 aromatic carbocycles. The molecule has 0 radical (unpaired) electrons. The zero-order valence-electron chi connectivity index (χ0n) is 9.89. The Labute approximate surface area is 107 Å². The average Bonchev–Trinajstić information content (AvgIpc) is 2.56. The number of nitrogens with zero attached hydrogens (tertiary/aromatic N) is 1. The van der Waals surface area contributed by atoms with E-state index in [0.717, 1.165) is 31.8 Å². The van der Waals surface area contributed by atoms with E-state index in [1.807, 2.05) is 34.9 Å². The van der Waals surface area contributed by atoms with Crippen molar-refractivity contribution < 1.29 is 4.79 Å². The van der Waals surface area contributed by atoms with Gasteiger partial charge in [-0.15, -0.1) is 11.8 Å². The summed E-state index contributed by atoms with van der Waals surface area (Å²) in [6.07, 6.45) is 1.06. The van der Waals surface area contributed by atoms with Crippen molar-refractivity contribution >= 4 is 17.7 Å². The maximum atomic E-state index is 11.7. The van der Waals surface area contributed by atoms with Crippen molar-refractivity contribution in [1.29, 1.82) is 0 Å². The summed E-state index contributed by atoms with van der Waals surface area (Å²) >= 11 is 1.81. The number of hydrogen-bond acceptors (Lipinski definition) is 3. The molecule has 2 rings (SSSR count). The van der Waals surface area contributed by atoms with E-state index < -0.39 is 0 Å². The van der Waals surface area contributed by atoms with Gasteiger partial charge in [0.25, 0.3) is 0 Å². The number of benzene rings is 1.